The lowest BCUT2D eigenvalue weighted by molar-refractivity contribution is 0.240. The van der Waals surface area contributed by atoms with Gasteiger partial charge >= 0.3 is 0 Å². The van der Waals surface area contributed by atoms with E-state index in [2.05, 4.69) is 24.1 Å². The first-order valence-electron chi connectivity index (χ1n) is 9.00. The summed E-state index contributed by atoms with van der Waals surface area (Å²) in [7, 11) is 3.31. The van der Waals surface area contributed by atoms with Gasteiger partial charge in [0.1, 0.15) is 29.4 Å². The van der Waals surface area contributed by atoms with Crippen LogP contribution in [0.3, 0.4) is 0 Å². The fourth-order valence-electron chi connectivity index (χ4n) is 3.11. The van der Waals surface area contributed by atoms with Gasteiger partial charge in [-0.15, -0.1) is 0 Å². The number of rotatable bonds is 4. The molecule has 4 nitrogen and oxygen atoms in total. The molecule has 4 aromatic rings. The number of fused-ring (bicyclic) bond motifs is 1. The van der Waals surface area contributed by atoms with E-state index in [1.54, 1.807) is 14.2 Å². The molecule has 0 bridgehead atoms. The number of benzene rings is 2. The number of pyridine rings is 1. The Bertz CT molecular complexity index is 1150. The molecule has 0 aliphatic heterocycles. The van der Waals surface area contributed by atoms with Crippen molar-refractivity contribution in [1.82, 2.24) is 9.38 Å². The molecule has 0 saturated carbocycles. The minimum atomic E-state index is 0.375. The molecule has 0 aliphatic rings. The summed E-state index contributed by atoms with van der Waals surface area (Å²) in [5.74, 6) is 7.14. The van der Waals surface area contributed by atoms with Gasteiger partial charge in [0.2, 0.25) is 0 Å². The lowest BCUT2D eigenvalue weighted by Crippen LogP contribution is -1.92. The molecule has 2 aromatic carbocycles. The van der Waals surface area contributed by atoms with Crippen LogP contribution in [0.5, 0.6) is 5.75 Å². The maximum atomic E-state index is 5.26. The second-order valence-electron chi connectivity index (χ2n) is 6.28. The van der Waals surface area contributed by atoms with Gasteiger partial charge in [-0.2, -0.15) is 0 Å². The Morgan fingerprint density at radius 3 is 2.32 bits per heavy atom. The summed E-state index contributed by atoms with van der Waals surface area (Å²) in [6, 6.07) is 22.2. The Morgan fingerprint density at radius 2 is 1.61 bits per heavy atom. The van der Waals surface area contributed by atoms with Gasteiger partial charge in [-0.1, -0.05) is 48.4 Å². The van der Waals surface area contributed by atoms with Crippen molar-refractivity contribution in [2.45, 2.75) is 0 Å². The van der Waals surface area contributed by atoms with Crippen LogP contribution >= 0.6 is 0 Å². The second kappa shape index (κ2) is 7.99. The third kappa shape index (κ3) is 3.48. The molecule has 2 heterocycles. The van der Waals surface area contributed by atoms with Crippen molar-refractivity contribution >= 4 is 5.65 Å². The third-order valence-corrected chi connectivity index (χ3v) is 4.51. The molecule has 4 rings (SSSR count). The predicted molar refractivity (Wildman–Crippen MR) is 111 cm³/mol. The van der Waals surface area contributed by atoms with Crippen LogP contribution in [0.15, 0.2) is 72.9 Å². The summed E-state index contributed by atoms with van der Waals surface area (Å²) in [6.45, 7) is 0.375. The molecule has 2 aromatic heterocycles. The number of methoxy groups -OCH3 is 2. The quantitative estimate of drug-likeness (QED) is 0.491. The highest BCUT2D eigenvalue weighted by molar-refractivity contribution is 5.72. The molecular formula is C24H20N2O2. The third-order valence-electron chi connectivity index (χ3n) is 4.51. The molecule has 138 valence electrons. The Hall–Kier alpha value is -3.55. The highest BCUT2D eigenvalue weighted by Crippen LogP contribution is 2.27. The first kappa shape index (κ1) is 17.8. The summed E-state index contributed by atoms with van der Waals surface area (Å²) in [4.78, 5) is 4.82. The van der Waals surface area contributed by atoms with E-state index in [4.69, 9.17) is 14.5 Å². The predicted octanol–water partition coefficient (Wildman–Crippen LogP) is 4.67. The van der Waals surface area contributed by atoms with Crippen molar-refractivity contribution in [2.75, 3.05) is 20.8 Å². The maximum Gasteiger partial charge on any atom is 0.138 e. The highest BCUT2D eigenvalue weighted by atomic mass is 16.5. The van der Waals surface area contributed by atoms with Gasteiger partial charge in [-0.25, -0.2) is 4.98 Å². The summed E-state index contributed by atoms with van der Waals surface area (Å²) >= 11 is 0. The van der Waals surface area contributed by atoms with Crippen LogP contribution in [0.25, 0.3) is 28.0 Å². The van der Waals surface area contributed by atoms with Crippen molar-refractivity contribution in [1.29, 1.82) is 0 Å². The molecule has 0 saturated heterocycles. The lowest BCUT2D eigenvalue weighted by atomic mass is 10.1. The fraction of sp³-hybridized carbons (Fsp3) is 0.125. The number of imidazole rings is 1. The van der Waals surface area contributed by atoms with Crippen molar-refractivity contribution < 1.29 is 9.47 Å². The van der Waals surface area contributed by atoms with Crippen molar-refractivity contribution in [3.63, 3.8) is 0 Å². The second-order valence-corrected chi connectivity index (χ2v) is 6.28. The van der Waals surface area contributed by atoms with Crippen molar-refractivity contribution in [2.24, 2.45) is 0 Å². The van der Waals surface area contributed by atoms with Gasteiger partial charge in [-0.3, -0.25) is 4.40 Å². The minimum absolute atomic E-state index is 0.375. The maximum absolute atomic E-state index is 5.26. The van der Waals surface area contributed by atoms with E-state index >= 15 is 0 Å². The first-order chi connectivity index (χ1) is 13.8. The van der Waals surface area contributed by atoms with Gasteiger partial charge < -0.3 is 9.47 Å². The zero-order valence-corrected chi connectivity index (χ0v) is 15.8. The minimum Gasteiger partial charge on any atom is -0.497 e. The van der Waals surface area contributed by atoms with Crippen LogP contribution in [-0.4, -0.2) is 30.2 Å². The summed E-state index contributed by atoms with van der Waals surface area (Å²) in [5, 5.41) is 0. The first-order valence-corrected chi connectivity index (χ1v) is 9.00. The highest BCUT2D eigenvalue weighted by Gasteiger charge is 2.13. The molecule has 0 aliphatic carbocycles. The van der Waals surface area contributed by atoms with Crippen molar-refractivity contribution in [3.8, 4) is 40.0 Å². The number of hydrogen-bond donors (Lipinski definition) is 0. The van der Waals surface area contributed by atoms with Crippen LogP contribution in [0.4, 0.5) is 0 Å². The number of nitrogens with zero attached hydrogens (tertiary/aromatic N) is 2. The van der Waals surface area contributed by atoms with E-state index in [-0.39, 0.29) is 0 Å². The summed E-state index contributed by atoms with van der Waals surface area (Å²) < 4.78 is 12.4. The number of hydrogen-bond acceptors (Lipinski definition) is 3. The van der Waals surface area contributed by atoms with E-state index in [0.29, 0.717) is 6.61 Å². The van der Waals surface area contributed by atoms with Gasteiger partial charge in [0.15, 0.2) is 0 Å². The monoisotopic (exact) mass is 368 g/mol. The Balaban J connectivity index is 1.87. The van der Waals surface area contributed by atoms with E-state index in [1.807, 2.05) is 65.1 Å². The normalized spacial score (nSPS) is 10.5. The van der Waals surface area contributed by atoms with Crippen LogP contribution in [0, 0.1) is 11.8 Å². The topological polar surface area (TPSA) is 35.8 Å². The summed E-state index contributed by atoms with van der Waals surface area (Å²) in [6.07, 6.45) is 2.08. The average molecular weight is 368 g/mol. The molecule has 0 unspecified atom stereocenters. The van der Waals surface area contributed by atoms with Gasteiger partial charge in [-0.05, 0) is 41.3 Å². The van der Waals surface area contributed by atoms with Gasteiger partial charge in [0.25, 0.3) is 0 Å². The van der Waals surface area contributed by atoms with Crippen molar-refractivity contribution in [3.05, 3.63) is 78.6 Å². The standard InChI is InChI=1S/C24H20N2O2/c1-27-16-6-9-22-24(19-7-4-3-5-8-19)25-23-15-12-20(17-26(22)23)18-10-13-21(28-2)14-11-18/h3-5,7-8,10-15,17H,16H2,1-2H3. The molecule has 0 amide bonds. The molecule has 4 heteroatoms. The zero-order chi connectivity index (χ0) is 19.3. The molecule has 28 heavy (non-hydrogen) atoms. The van der Waals surface area contributed by atoms with Crippen LogP contribution in [0.2, 0.25) is 0 Å². The van der Waals surface area contributed by atoms with Crippen LogP contribution in [0.1, 0.15) is 5.69 Å². The Labute approximate surface area is 164 Å². The van der Waals surface area contributed by atoms with Crippen LogP contribution < -0.4 is 4.74 Å². The number of ether oxygens (including phenoxy) is 2. The van der Waals surface area contributed by atoms with Crippen LogP contribution in [-0.2, 0) is 4.74 Å². The molecule has 0 fully saturated rings. The Morgan fingerprint density at radius 1 is 0.857 bits per heavy atom. The SMILES string of the molecule is COCC#Cc1c(-c2ccccc2)nc2ccc(-c3ccc(OC)cc3)cn12. The molecule has 0 N–H and O–H groups in total. The Kier molecular flexibility index (Phi) is 5.09. The van der Waals surface area contributed by atoms with E-state index in [0.717, 1.165) is 39.5 Å². The fourth-order valence-corrected chi connectivity index (χ4v) is 3.11. The molecular weight excluding hydrogens is 348 g/mol. The average Bonchev–Trinajstić information content (AvgIpc) is 3.12. The zero-order valence-electron chi connectivity index (χ0n) is 15.8. The van der Waals surface area contributed by atoms with E-state index in [9.17, 15) is 0 Å². The van der Waals surface area contributed by atoms with Gasteiger partial charge in [0.05, 0.1) is 7.11 Å². The molecule has 0 atom stereocenters. The molecule has 0 radical (unpaired) electrons. The lowest BCUT2D eigenvalue weighted by Gasteiger charge is -2.05. The number of aromatic nitrogens is 2. The largest absolute Gasteiger partial charge is 0.497 e. The van der Waals surface area contributed by atoms with Gasteiger partial charge in [0, 0.05) is 18.9 Å². The smallest absolute Gasteiger partial charge is 0.138 e. The van der Waals surface area contributed by atoms with E-state index in [1.165, 1.54) is 0 Å². The summed E-state index contributed by atoms with van der Waals surface area (Å²) in [5.41, 5.74) is 5.82. The molecule has 0 spiro atoms. The van der Waals surface area contributed by atoms with E-state index < -0.39 is 0 Å².